The molecule has 1 unspecified atom stereocenters. The van der Waals surface area contributed by atoms with Crippen molar-refractivity contribution in [3.63, 3.8) is 0 Å². The van der Waals surface area contributed by atoms with Gasteiger partial charge < -0.3 is 17.3 Å². The van der Waals surface area contributed by atoms with E-state index in [4.69, 9.17) is 0 Å². The predicted molar refractivity (Wildman–Crippen MR) is 130 cm³/mol. The molecule has 30 heavy (non-hydrogen) atoms. The van der Waals surface area contributed by atoms with Crippen molar-refractivity contribution in [3.05, 3.63) is 12.2 Å². The Morgan fingerprint density at radius 2 is 0.967 bits per heavy atom. The van der Waals surface area contributed by atoms with Crippen molar-refractivity contribution >= 4 is 5.78 Å². The third-order valence-electron chi connectivity index (χ3n) is 6.18. The second kappa shape index (κ2) is 23.3. The molecule has 1 atom stereocenters. The van der Waals surface area contributed by atoms with Crippen molar-refractivity contribution < 1.29 is 22.1 Å². The van der Waals surface area contributed by atoms with Crippen LogP contribution in [0.25, 0.3) is 0 Å². The molecule has 0 saturated carbocycles. The minimum atomic E-state index is 0. The number of hydrogen-bond donors (Lipinski definition) is 1. The molecular formula is C27H54ClNO. The summed E-state index contributed by atoms with van der Waals surface area (Å²) in [6.45, 7) is 8.97. The van der Waals surface area contributed by atoms with E-state index in [0.717, 1.165) is 6.42 Å². The summed E-state index contributed by atoms with van der Waals surface area (Å²) in [5, 5.41) is 0. The van der Waals surface area contributed by atoms with E-state index in [-0.39, 0.29) is 24.1 Å². The third-order valence-corrected chi connectivity index (χ3v) is 6.18. The van der Waals surface area contributed by atoms with Gasteiger partial charge in [-0.1, -0.05) is 110 Å². The molecule has 0 fully saturated rings. The Morgan fingerprint density at radius 1 is 0.667 bits per heavy atom. The molecular weight excluding hydrogens is 390 g/mol. The average Bonchev–Trinajstić information content (AvgIpc) is 2.68. The van der Waals surface area contributed by atoms with Gasteiger partial charge in [-0.25, -0.2) is 0 Å². The molecule has 180 valence electrons. The summed E-state index contributed by atoms with van der Waals surface area (Å²) in [6.07, 6.45) is 24.9. The van der Waals surface area contributed by atoms with Crippen LogP contribution in [0.3, 0.4) is 0 Å². The van der Waals surface area contributed by atoms with Gasteiger partial charge in [-0.05, 0) is 31.8 Å². The predicted octanol–water partition coefficient (Wildman–Crippen LogP) is 3.94. The lowest BCUT2D eigenvalue weighted by atomic mass is 9.95. The van der Waals surface area contributed by atoms with Gasteiger partial charge in [-0.2, -0.15) is 0 Å². The maximum atomic E-state index is 11.8. The Hall–Kier alpha value is -0.340. The van der Waals surface area contributed by atoms with E-state index >= 15 is 0 Å². The quantitative estimate of drug-likeness (QED) is 0.198. The van der Waals surface area contributed by atoms with Crippen molar-refractivity contribution in [3.8, 4) is 0 Å². The lowest BCUT2D eigenvalue weighted by molar-refractivity contribution is -0.858. The molecule has 0 saturated heterocycles. The number of ketones is 1. The Kier molecular flexibility index (Phi) is 24.8. The lowest BCUT2D eigenvalue weighted by Crippen LogP contribution is -3.05. The molecule has 0 aromatic carbocycles. The highest BCUT2D eigenvalue weighted by Gasteiger charge is 2.12. The first kappa shape index (κ1) is 31.8. The van der Waals surface area contributed by atoms with E-state index in [2.05, 4.69) is 20.7 Å². The van der Waals surface area contributed by atoms with Crippen LogP contribution in [-0.4, -0.2) is 26.4 Å². The largest absolute Gasteiger partial charge is 1.00 e. The first-order chi connectivity index (χ1) is 13.9. The van der Waals surface area contributed by atoms with E-state index in [1.807, 2.05) is 13.8 Å². The molecule has 0 rings (SSSR count). The number of quaternary nitrogens is 1. The number of rotatable bonds is 22. The maximum Gasteiger partial charge on any atom is 0.160 e. The van der Waals surface area contributed by atoms with Gasteiger partial charge in [-0.3, -0.25) is 4.79 Å². The fraction of sp³-hybridized carbons (Fsp3) is 0.889. The summed E-state index contributed by atoms with van der Waals surface area (Å²) in [4.78, 5) is 13.4. The van der Waals surface area contributed by atoms with Crippen LogP contribution in [0.2, 0.25) is 0 Å². The highest BCUT2D eigenvalue weighted by atomic mass is 35.5. The zero-order valence-electron chi connectivity index (χ0n) is 21.0. The van der Waals surface area contributed by atoms with Crippen molar-refractivity contribution in [1.29, 1.82) is 0 Å². The second-order valence-electron chi connectivity index (χ2n) is 9.80. The molecule has 0 radical (unpaired) electrons. The normalized spacial score (nSPS) is 12.0. The summed E-state index contributed by atoms with van der Waals surface area (Å²) < 4.78 is 0. The molecule has 0 aliphatic carbocycles. The monoisotopic (exact) mass is 443 g/mol. The van der Waals surface area contributed by atoms with Gasteiger partial charge in [0, 0.05) is 5.92 Å². The van der Waals surface area contributed by atoms with Crippen LogP contribution in [0.1, 0.15) is 129 Å². The standard InChI is InChI=1S/C27H53NO.ClH/c1-25(2)27(29)26(3)23-21-19-17-15-13-11-9-7-6-8-10-12-14-16-18-20-22-24-28(4)5;/h26H,1,6-24H2,2-5H3;1H. The number of unbranched alkanes of at least 4 members (excludes halogenated alkanes) is 16. The van der Waals surface area contributed by atoms with Crippen molar-refractivity contribution in [2.24, 2.45) is 5.92 Å². The van der Waals surface area contributed by atoms with Gasteiger partial charge in [0.15, 0.2) is 5.78 Å². The average molecular weight is 444 g/mol. The number of carbonyl (C=O) groups excluding carboxylic acids is 1. The van der Waals surface area contributed by atoms with Crippen LogP contribution in [0.15, 0.2) is 12.2 Å². The van der Waals surface area contributed by atoms with Crippen molar-refractivity contribution in [2.75, 3.05) is 20.6 Å². The number of nitrogens with one attached hydrogen (secondary N) is 1. The first-order valence-electron chi connectivity index (χ1n) is 12.9. The summed E-state index contributed by atoms with van der Waals surface area (Å²) in [5.74, 6) is 0.419. The lowest BCUT2D eigenvalue weighted by Gasteiger charge is -2.09. The highest BCUT2D eigenvalue weighted by molar-refractivity contribution is 5.95. The number of carbonyl (C=O) groups is 1. The van der Waals surface area contributed by atoms with Gasteiger partial charge in [0.25, 0.3) is 0 Å². The zero-order valence-corrected chi connectivity index (χ0v) is 21.8. The van der Waals surface area contributed by atoms with E-state index in [9.17, 15) is 4.79 Å². The molecule has 0 aromatic heterocycles. The number of halogens is 1. The third kappa shape index (κ3) is 22.3. The summed E-state index contributed by atoms with van der Waals surface area (Å²) in [7, 11) is 4.50. The Balaban J connectivity index is 0. The van der Waals surface area contributed by atoms with Crippen molar-refractivity contribution in [1.82, 2.24) is 0 Å². The fourth-order valence-corrected chi connectivity index (χ4v) is 4.13. The topological polar surface area (TPSA) is 21.5 Å². The Morgan fingerprint density at radius 3 is 1.27 bits per heavy atom. The van der Waals surface area contributed by atoms with E-state index < -0.39 is 0 Å². The smallest absolute Gasteiger partial charge is 0.160 e. The van der Waals surface area contributed by atoms with Crippen molar-refractivity contribution in [2.45, 2.75) is 129 Å². The molecule has 0 aliphatic heterocycles. The van der Waals surface area contributed by atoms with Crippen LogP contribution in [-0.2, 0) is 4.79 Å². The minimum absolute atomic E-state index is 0. The van der Waals surface area contributed by atoms with Crippen LogP contribution >= 0.6 is 0 Å². The van der Waals surface area contributed by atoms with Gasteiger partial charge in [0.1, 0.15) is 0 Å². The van der Waals surface area contributed by atoms with Crippen LogP contribution in [0.4, 0.5) is 0 Å². The minimum Gasteiger partial charge on any atom is -1.00 e. The second-order valence-corrected chi connectivity index (χ2v) is 9.80. The molecule has 3 heteroatoms. The van der Waals surface area contributed by atoms with Gasteiger partial charge in [0.05, 0.1) is 20.6 Å². The number of Topliss-reactive ketones (excluding diaryl/α,β-unsaturated/α-hetero) is 1. The van der Waals surface area contributed by atoms with E-state index in [0.29, 0.717) is 5.57 Å². The van der Waals surface area contributed by atoms with Gasteiger partial charge >= 0.3 is 0 Å². The molecule has 0 heterocycles. The van der Waals surface area contributed by atoms with Gasteiger partial charge in [0.2, 0.25) is 0 Å². The van der Waals surface area contributed by atoms with Crippen LogP contribution < -0.4 is 17.3 Å². The molecule has 1 N–H and O–H groups in total. The molecule has 2 nitrogen and oxygen atoms in total. The summed E-state index contributed by atoms with van der Waals surface area (Å²) >= 11 is 0. The summed E-state index contributed by atoms with van der Waals surface area (Å²) in [5.41, 5.74) is 0.712. The maximum absolute atomic E-state index is 11.8. The molecule has 0 amide bonds. The van der Waals surface area contributed by atoms with Crippen LogP contribution in [0, 0.1) is 5.92 Å². The molecule has 0 bridgehead atoms. The van der Waals surface area contributed by atoms with E-state index in [1.54, 1.807) is 4.90 Å². The molecule has 0 aromatic rings. The molecule has 0 aliphatic rings. The molecule has 0 spiro atoms. The summed E-state index contributed by atoms with van der Waals surface area (Å²) in [6, 6.07) is 0. The Labute approximate surface area is 196 Å². The number of hydrogen-bond acceptors (Lipinski definition) is 1. The highest BCUT2D eigenvalue weighted by Crippen LogP contribution is 2.16. The van der Waals surface area contributed by atoms with Crippen LogP contribution in [0.5, 0.6) is 0 Å². The zero-order chi connectivity index (χ0) is 21.7. The van der Waals surface area contributed by atoms with Gasteiger partial charge in [-0.15, -0.1) is 0 Å². The number of allylic oxidation sites excluding steroid dienone is 1. The Bertz CT molecular complexity index is 394. The fourth-order valence-electron chi connectivity index (χ4n) is 4.13. The first-order valence-corrected chi connectivity index (χ1v) is 12.9. The van der Waals surface area contributed by atoms with E-state index in [1.165, 1.54) is 116 Å². The SMILES string of the molecule is C=C(C)C(=O)C(C)CCCCCCCCCCCCCCCCCCC[NH+](C)C.[Cl-].